The van der Waals surface area contributed by atoms with Crippen molar-refractivity contribution in [3.8, 4) is 5.82 Å². The molecule has 0 bridgehead atoms. The highest BCUT2D eigenvalue weighted by atomic mass is 127. The summed E-state index contributed by atoms with van der Waals surface area (Å²) in [6, 6.07) is 3.98. The zero-order valence-electron chi connectivity index (χ0n) is 15.0. The van der Waals surface area contributed by atoms with Crippen LogP contribution >= 0.6 is 24.0 Å². The van der Waals surface area contributed by atoms with Crippen molar-refractivity contribution in [1.82, 2.24) is 25.2 Å². The Bertz CT molecular complexity index is 672. The van der Waals surface area contributed by atoms with E-state index in [0.29, 0.717) is 6.54 Å². The quantitative estimate of drug-likeness (QED) is 0.434. The molecule has 0 amide bonds. The summed E-state index contributed by atoms with van der Waals surface area (Å²) < 4.78 is 1.98. The molecule has 2 rings (SSSR count). The molecule has 2 aromatic rings. The van der Waals surface area contributed by atoms with E-state index in [1.54, 1.807) is 12.4 Å². The number of aliphatic imine (C=N–C) groups is 1. The summed E-state index contributed by atoms with van der Waals surface area (Å²) in [5.41, 5.74) is 1.01. The van der Waals surface area contributed by atoms with Gasteiger partial charge in [-0.3, -0.25) is 4.57 Å². The zero-order chi connectivity index (χ0) is 16.9. The van der Waals surface area contributed by atoms with Crippen LogP contribution in [0.1, 0.15) is 39.1 Å². The average molecular weight is 442 g/mol. The predicted octanol–water partition coefficient (Wildman–Crippen LogP) is 3.05. The Kier molecular flexibility index (Phi) is 7.65. The molecule has 2 heterocycles. The van der Waals surface area contributed by atoms with Crippen molar-refractivity contribution >= 4 is 29.9 Å². The first kappa shape index (κ1) is 20.4. The molecular weight excluding hydrogens is 415 g/mol. The second-order valence-corrected chi connectivity index (χ2v) is 6.40. The predicted molar refractivity (Wildman–Crippen MR) is 109 cm³/mol. The summed E-state index contributed by atoms with van der Waals surface area (Å²) >= 11 is 0. The van der Waals surface area contributed by atoms with Crippen LogP contribution < -0.4 is 10.6 Å². The normalized spacial score (nSPS) is 11.8. The molecular formula is C17H27IN6. The third kappa shape index (κ3) is 5.77. The lowest BCUT2D eigenvalue weighted by Crippen LogP contribution is -2.47. The third-order valence-corrected chi connectivity index (χ3v) is 3.17. The molecule has 0 radical (unpaired) electrons. The van der Waals surface area contributed by atoms with Crippen molar-refractivity contribution in [3.05, 3.63) is 42.1 Å². The van der Waals surface area contributed by atoms with Crippen LogP contribution in [-0.4, -0.2) is 32.6 Å². The summed E-state index contributed by atoms with van der Waals surface area (Å²) in [6.07, 6.45) is 5.49. The van der Waals surface area contributed by atoms with E-state index in [1.807, 2.05) is 29.8 Å². The molecule has 0 aliphatic heterocycles. The summed E-state index contributed by atoms with van der Waals surface area (Å²) in [4.78, 5) is 13.5. The van der Waals surface area contributed by atoms with Crippen LogP contribution in [-0.2, 0) is 6.54 Å². The maximum Gasteiger partial charge on any atom is 0.191 e. The van der Waals surface area contributed by atoms with Gasteiger partial charge >= 0.3 is 0 Å². The van der Waals surface area contributed by atoms with Crippen LogP contribution in [0.5, 0.6) is 0 Å². The van der Waals surface area contributed by atoms with E-state index in [9.17, 15) is 0 Å². The minimum atomic E-state index is -0.0420. The van der Waals surface area contributed by atoms with Gasteiger partial charge in [-0.1, -0.05) is 6.07 Å². The lowest BCUT2D eigenvalue weighted by Gasteiger charge is -2.23. The number of guanidine groups is 1. The minimum Gasteiger partial charge on any atom is -0.357 e. The summed E-state index contributed by atoms with van der Waals surface area (Å²) in [7, 11) is 0. The first-order valence-electron chi connectivity index (χ1n) is 7.91. The number of rotatable bonds is 4. The molecule has 2 aromatic heterocycles. The zero-order valence-corrected chi connectivity index (χ0v) is 17.3. The van der Waals surface area contributed by atoms with Crippen LogP contribution in [0.2, 0.25) is 0 Å². The van der Waals surface area contributed by atoms with Gasteiger partial charge in [0.25, 0.3) is 0 Å². The number of imidazole rings is 1. The van der Waals surface area contributed by atoms with Gasteiger partial charge in [0.2, 0.25) is 0 Å². The number of aryl methyl sites for hydroxylation is 1. The Labute approximate surface area is 161 Å². The van der Waals surface area contributed by atoms with Crippen molar-refractivity contribution in [1.29, 1.82) is 0 Å². The van der Waals surface area contributed by atoms with E-state index in [-0.39, 0.29) is 29.5 Å². The molecule has 0 unspecified atom stereocenters. The highest BCUT2D eigenvalue weighted by molar-refractivity contribution is 14.0. The summed E-state index contributed by atoms with van der Waals surface area (Å²) in [6.45, 7) is 11.7. The van der Waals surface area contributed by atoms with E-state index in [2.05, 4.69) is 53.3 Å². The molecule has 0 aromatic carbocycles. The van der Waals surface area contributed by atoms with Crippen molar-refractivity contribution in [3.63, 3.8) is 0 Å². The number of aromatic nitrogens is 3. The number of nitrogens with zero attached hydrogens (tertiary/aromatic N) is 4. The lowest BCUT2D eigenvalue weighted by atomic mass is 10.1. The van der Waals surface area contributed by atoms with Gasteiger partial charge in [0.15, 0.2) is 5.96 Å². The smallest absolute Gasteiger partial charge is 0.191 e. The molecule has 0 fully saturated rings. The van der Waals surface area contributed by atoms with Gasteiger partial charge in [-0.25, -0.2) is 15.0 Å². The average Bonchev–Trinajstić information content (AvgIpc) is 2.90. The Hall–Kier alpha value is -1.64. The molecule has 0 atom stereocenters. The Morgan fingerprint density at radius 3 is 2.58 bits per heavy atom. The molecule has 0 saturated carbocycles. The van der Waals surface area contributed by atoms with Crippen molar-refractivity contribution in [2.45, 2.75) is 46.7 Å². The van der Waals surface area contributed by atoms with Crippen LogP contribution in [0.15, 0.2) is 35.7 Å². The van der Waals surface area contributed by atoms with E-state index < -0.39 is 0 Å². The highest BCUT2D eigenvalue weighted by Gasteiger charge is 2.12. The molecule has 24 heavy (non-hydrogen) atoms. The Morgan fingerprint density at radius 1 is 1.25 bits per heavy atom. The van der Waals surface area contributed by atoms with Crippen molar-refractivity contribution < 1.29 is 0 Å². The maximum absolute atomic E-state index is 4.69. The topological polar surface area (TPSA) is 67.1 Å². The fourth-order valence-electron chi connectivity index (χ4n) is 2.20. The molecule has 2 N–H and O–H groups in total. The second kappa shape index (κ2) is 9.00. The minimum absolute atomic E-state index is 0. The van der Waals surface area contributed by atoms with E-state index in [4.69, 9.17) is 0 Å². The number of pyridine rings is 1. The largest absolute Gasteiger partial charge is 0.357 e. The fourth-order valence-corrected chi connectivity index (χ4v) is 2.20. The van der Waals surface area contributed by atoms with Crippen LogP contribution in [0.3, 0.4) is 0 Å². The number of nitrogens with one attached hydrogen (secondary N) is 2. The summed E-state index contributed by atoms with van der Waals surface area (Å²) in [5.74, 6) is 2.59. The van der Waals surface area contributed by atoms with E-state index >= 15 is 0 Å². The van der Waals surface area contributed by atoms with Gasteiger partial charge in [0.05, 0.1) is 6.54 Å². The number of hydrogen-bond donors (Lipinski definition) is 2. The monoisotopic (exact) mass is 442 g/mol. The van der Waals surface area contributed by atoms with E-state index in [1.165, 1.54) is 0 Å². The van der Waals surface area contributed by atoms with Crippen molar-refractivity contribution in [2.75, 3.05) is 6.54 Å². The Morgan fingerprint density at radius 2 is 2.00 bits per heavy atom. The summed E-state index contributed by atoms with van der Waals surface area (Å²) in [5, 5.41) is 6.67. The molecule has 6 nitrogen and oxygen atoms in total. The first-order chi connectivity index (χ1) is 10.9. The molecule has 0 aliphatic carbocycles. The van der Waals surface area contributed by atoms with Crippen LogP contribution in [0.25, 0.3) is 5.82 Å². The Balaban J connectivity index is 0.00000288. The molecule has 132 valence electrons. The third-order valence-electron chi connectivity index (χ3n) is 3.17. The maximum atomic E-state index is 4.69. The van der Waals surface area contributed by atoms with Gasteiger partial charge < -0.3 is 10.6 Å². The van der Waals surface area contributed by atoms with E-state index in [0.717, 1.165) is 29.7 Å². The van der Waals surface area contributed by atoms with Crippen LogP contribution in [0.4, 0.5) is 0 Å². The standard InChI is InChI=1S/C17H26N6.HI/c1-6-18-16(22-17(3,4)5)21-12-14-8-7-9-20-15(14)23-11-10-19-13(23)2;/h7-11H,6,12H2,1-5H3,(H2,18,21,22);1H. The molecule has 0 spiro atoms. The van der Waals surface area contributed by atoms with Crippen LogP contribution in [0, 0.1) is 6.92 Å². The number of hydrogen-bond acceptors (Lipinski definition) is 3. The van der Waals surface area contributed by atoms with Gasteiger partial charge in [0.1, 0.15) is 11.6 Å². The van der Waals surface area contributed by atoms with Crippen molar-refractivity contribution in [2.24, 2.45) is 4.99 Å². The molecule has 0 aliphatic rings. The lowest BCUT2D eigenvalue weighted by molar-refractivity contribution is 0.501. The molecule has 7 heteroatoms. The van der Waals surface area contributed by atoms with Gasteiger partial charge in [-0.05, 0) is 40.7 Å². The van der Waals surface area contributed by atoms with Gasteiger partial charge in [-0.2, -0.15) is 0 Å². The van der Waals surface area contributed by atoms with Gasteiger partial charge in [0, 0.05) is 36.2 Å². The first-order valence-corrected chi connectivity index (χ1v) is 7.91. The SMILES string of the molecule is CCNC(=NCc1cccnc1-n1ccnc1C)NC(C)(C)C.I. The second-order valence-electron chi connectivity index (χ2n) is 6.40. The number of halogens is 1. The highest BCUT2D eigenvalue weighted by Crippen LogP contribution is 2.14. The molecule has 0 saturated heterocycles. The van der Waals surface area contributed by atoms with Gasteiger partial charge in [-0.15, -0.1) is 24.0 Å². The fraction of sp³-hybridized carbons (Fsp3) is 0.471.